The molecule has 2 fully saturated rings. The number of guanidine groups is 1. The van der Waals surface area contributed by atoms with E-state index >= 15 is 28.8 Å². The van der Waals surface area contributed by atoms with Gasteiger partial charge in [-0.2, -0.15) is 0 Å². The highest BCUT2D eigenvalue weighted by atomic mass is 35.5. The van der Waals surface area contributed by atoms with E-state index in [1.54, 1.807) is 117 Å². The van der Waals surface area contributed by atoms with Crippen LogP contribution >= 0.6 is 11.6 Å². The van der Waals surface area contributed by atoms with Gasteiger partial charge in [0.1, 0.15) is 72.2 Å². The standard InChI is InChI=1S/C83H112ClN19O17S2/c1-51(2)39-64(74(107)93-63(17-11-33-90-83(86)87)82(115)103-34-12-18-71(103)81(114)91-52(3)73(85)106)94-76(109)68(44-56-26-31-62(32-27-56)100(4)5)97-78(111)69(42-54-19-21-57(22-20-54)46-101-35-37-120-38-36-101)98-80(113)70(48-104)99-79(112)66(41-53-13-7-6-8-14-53)96-77(110)67(43-55-24-29-61(84)30-25-55)95-75(108)65(45-58-23-28-59-15-9-10-16-60(59)40-58)92-72(105)47-102(49-121(88,116)117)50-122(89,118)119/h6-10,13-16,19-32,40,51-52,63-71,104H,11-12,17-18,33-39,41-50H2,1-5H3,(H2,85,106)(H,91,114)(H,92,105)(H,93,107)(H,94,109)(H,95,108)(H,96,110)(H,97,111)(H,98,113)(H,99,112)(H4,86,87,90)(H2,88,116,117)(H2,89,118,119)/t52-,63+,64+,65-,66-,67-,68-,69+,70+,71+/m1/s1. The zero-order chi connectivity index (χ0) is 89.0. The quantitative estimate of drug-likeness (QED) is 0.0122. The molecule has 0 aromatic heterocycles. The molecule has 6 aromatic rings. The zero-order valence-corrected chi connectivity index (χ0v) is 71.2. The van der Waals surface area contributed by atoms with E-state index in [-0.39, 0.29) is 82.8 Å². The predicted octanol–water partition coefficient (Wildman–Crippen LogP) is -1.14. The summed E-state index contributed by atoms with van der Waals surface area (Å²) in [5, 5.41) is 58.3. The summed E-state index contributed by atoms with van der Waals surface area (Å²) in [7, 11) is -5.25. The van der Waals surface area contributed by atoms with Crippen molar-refractivity contribution in [2.45, 2.75) is 152 Å². The minimum atomic E-state index is -4.45. The highest BCUT2D eigenvalue weighted by Gasteiger charge is 2.41. The number of anilines is 1. The number of primary amides is 1. The summed E-state index contributed by atoms with van der Waals surface area (Å²) in [6, 6.07) is 26.7. The van der Waals surface area contributed by atoms with E-state index in [1.807, 2.05) is 49.3 Å². The topological polar surface area (TPSA) is 547 Å². The molecule has 11 amide bonds. The number of nitrogens with two attached hydrogens (primary N) is 4. The molecule has 0 radical (unpaired) electrons. The van der Waals surface area contributed by atoms with Crippen molar-refractivity contribution in [1.29, 1.82) is 5.41 Å². The summed E-state index contributed by atoms with van der Waals surface area (Å²) in [6.45, 7) is 6.21. The molecule has 660 valence electrons. The second-order valence-corrected chi connectivity index (χ2v) is 34.8. The first-order valence-electron chi connectivity index (χ1n) is 40.0. The number of ether oxygens (including phenoxy) is 1. The molecule has 0 bridgehead atoms. The first-order valence-corrected chi connectivity index (χ1v) is 43.8. The Kier molecular flexibility index (Phi) is 36.4. The maximum Gasteiger partial charge on any atom is 0.245 e. The molecule has 6 aromatic carbocycles. The van der Waals surface area contributed by atoms with Gasteiger partial charge >= 0.3 is 0 Å². The maximum atomic E-state index is 15.5. The van der Waals surface area contributed by atoms with Gasteiger partial charge in [-0.1, -0.05) is 147 Å². The van der Waals surface area contributed by atoms with Crippen LogP contribution in [0.25, 0.3) is 10.8 Å². The van der Waals surface area contributed by atoms with Crippen molar-refractivity contribution in [2.75, 3.05) is 83.3 Å². The molecule has 2 aliphatic rings. The minimum absolute atomic E-state index is 0.00654. The number of carbonyl (C=O) groups excluding carboxylic acids is 11. The number of primary sulfonamides is 2. The molecule has 8 rings (SSSR count). The summed E-state index contributed by atoms with van der Waals surface area (Å²) in [5.41, 5.74) is 15.2. The molecule has 0 unspecified atom stereocenters. The molecule has 0 saturated carbocycles. The first kappa shape index (κ1) is 96.2. The van der Waals surface area contributed by atoms with Crippen LogP contribution in [0.5, 0.6) is 0 Å². The van der Waals surface area contributed by atoms with Crippen LogP contribution in [0.2, 0.25) is 5.02 Å². The molecular formula is C83H112ClN19O17S2. The van der Waals surface area contributed by atoms with E-state index in [1.165, 1.54) is 24.0 Å². The fourth-order valence-corrected chi connectivity index (χ4v) is 15.7. The van der Waals surface area contributed by atoms with Gasteiger partial charge in [-0.05, 0) is 113 Å². The lowest BCUT2D eigenvalue weighted by molar-refractivity contribution is -0.142. The number of fused-ring (bicyclic) bond motifs is 1. The number of nitrogens with one attached hydrogen (secondary N) is 11. The Hall–Kier alpha value is -11.2. The van der Waals surface area contributed by atoms with Gasteiger partial charge in [0.25, 0.3) is 0 Å². The number of aliphatic hydroxyl groups excluding tert-OH is 1. The number of hydrogen-bond acceptors (Lipinski definition) is 21. The maximum absolute atomic E-state index is 15.5. The summed E-state index contributed by atoms with van der Waals surface area (Å²) in [6.07, 6.45) is -0.513. The van der Waals surface area contributed by atoms with Crippen LogP contribution in [0, 0.1) is 11.3 Å². The molecule has 0 aliphatic carbocycles. The highest BCUT2D eigenvalue weighted by Crippen LogP contribution is 2.24. The number of hydrogen-bond donors (Lipinski definition) is 16. The van der Waals surface area contributed by atoms with Gasteiger partial charge in [-0.15, -0.1) is 0 Å². The van der Waals surface area contributed by atoms with E-state index in [0.717, 1.165) is 22.0 Å². The number of nitrogens with zero attached hydrogens (tertiary/aromatic N) is 4. The molecular weight excluding hydrogens is 1630 g/mol. The zero-order valence-electron chi connectivity index (χ0n) is 68.8. The number of sulfonamides is 2. The average Bonchev–Trinajstić information content (AvgIpc) is 1.60. The Balaban J connectivity index is 1.10. The van der Waals surface area contributed by atoms with Crippen molar-refractivity contribution in [1.82, 2.24) is 67.9 Å². The Bertz CT molecular complexity index is 4830. The number of carbonyl (C=O) groups is 11. The van der Waals surface area contributed by atoms with Crippen LogP contribution in [-0.4, -0.2) is 246 Å². The van der Waals surface area contributed by atoms with Crippen LogP contribution < -0.4 is 79.8 Å². The van der Waals surface area contributed by atoms with Crippen molar-refractivity contribution in [3.8, 4) is 0 Å². The van der Waals surface area contributed by atoms with Crippen molar-refractivity contribution >= 4 is 119 Å². The lowest BCUT2D eigenvalue weighted by atomic mass is 9.99. The second kappa shape index (κ2) is 46.1. The fraction of sp³-hybridized carbons (Fsp3) is 0.446. The molecule has 2 aliphatic heterocycles. The SMILES string of the molecule is CC(C)C[C@H](NC(=O)[C@@H](Cc1ccc(N(C)C)cc1)NC(=O)[C@H](Cc1ccc(CN2CCOCC2)cc1)NC(=O)[C@H](CO)NC(=O)[C@@H](Cc1ccccc1)NC(=O)[C@@H](Cc1ccc(Cl)cc1)NC(=O)[C@@H](Cc1ccc2ccccc2c1)NC(=O)CN(CS(N)(=O)=O)CS(N)(=O)=O)C(=O)N[C@@H](CCCNC(=N)N)C(=O)N1CCC[C@H]1C(=O)N[C@H](C)C(N)=O. The third kappa shape index (κ3) is 31.7. The van der Waals surface area contributed by atoms with Crippen molar-refractivity contribution in [3.05, 3.63) is 184 Å². The molecule has 2 saturated heterocycles. The van der Waals surface area contributed by atoms with Crippen LogP contribution in [0.4, 0.5) is 5.69 Å². The van der Waals surface area contributed by atoms with Gasteiger partial charge in [-0.3, -0.25) is 67.9 Å². The smallest absolute Gasteiger partial charge is 0.245 e. The summed E-state index contributed by atoms with van der Waals surface area (Å²) >= 11 is 6.31. The minimum Gasteiger partial charge on any atom is -0.394 e. The Morgan fingerprint density at radius 3 is 1.47 bits per heavy atom. The van der Waals surface area contributed by atoms with Crippen LogP contribution in [0.3, 0.4) is 0 Å². The number of morpholine rings is 1. The first-order chi connectivity index (χ1) is 57.8. The molecule has 20 N–H and O–H groups in total. The Labute approximate surface area is 714 Å². The molecule has 10 atom stereocenters. The van der Waals surface area contributed by atoms with Gasteiger partial charge in [0.05, 0.1) is 26.4 Å². The Morgan fingerprint density at radius 1 is 0.533 bits per heavy atom. The van der Waals surface area contributed by atoms with E-state index in [4.69, 9.17) is 43.5 Å². The van der Waals surface area contributed by atoms with Crippen LogP contribution in [0.1, 0.15) is 86.3 Å². The largest absolute Gasteiger partial charge is 0.394 e. The fourth-order valence-electron chi connectivity index (χ4n) is 14.1. The Morgan fingerprint density at radius 2 is 0.967 bits per heavy atom. The number of benzene rings is 6. The average molecular weight is 1750 g/mol. The second-order valence-electron chi connectivity index (χ2n) is 31.2. The summed E-state index contributed by atoms with van der Waals surface area (Å²) < 4.78 is 54.6. The monoisotopic (exact) mass is 1750 g/mol. The lowest BCUT2D eigenvalue weighted by Crippen LogP contribution is -2.62. The van der Waals surface area contributed by atoms with Crippen molar-refractivity contribution in [2.24, 2.45) is 27.7 Å². The normalized spacial score (nSPS) is 15.9. The molecule has 122 heavy (non-hydrogen) atoms. The van der Waals surface area contributed by atoms with E-state index in [9.17, 15) is 45.9 Å². The van der Waals surface area contributed by atoms with Gasteiger partial charge in [0, 0.05) is 89.6 Å². The number of rotatable bonds is 45. The van der Waals surface area contributed by atoms with Crippen LogP contribution in [0.15, 0.2) is 146 Å². The van der Waals surface area contributed by atoms with Crippen molar-refractivity contribution < 1.29 is 79.4 Å². The molecule has 39 heteroatoms. The van der Waals surface area contributed by atoms with Gasteiger partial charge in [0.2, 0.25) is 85.0 Å². The summed E-state index contributed by atoms with van der Waals surface area (Å²) in [4.78, 5) is 167. The third-order valence-corrected chi connectivity index (χ3v) is 22.1. The van der Waals surface area contributed by atoms with Gasteiger partial charge < -0.3 is 84.3 Å². The van der Waals surface area contributed by atoms with Crippen molar-refractivity contribution in [3.63, 3.8) is 0 Å². The third-order valence-electron chi connectivity index (χ3n) is 20.4. The van der Waals surface area contributed by atoms with Gasteiger partial charge in [-0.25, -0.2) is 27.1 Å². The lowest BCUT2D eigenvalue weighted by Gasteiger charge is -2.31. The molecule has 36 nitrogen and oxygen atoms in total. The number of amides is 11. The summed E-state index contributed by atoms with van der Waals surface area (Å²) in [5.74, 6) is -12.8. The highest BCUT2D eigenvalue weighted by molar-refractivity contribution is 7.89. The van der Waals surface area contributed by atoms with Crippen LogP contribution in [-0.2, 0) is 116 Å². The van der Waals surface area contributed by atoms with E-state index < -0.39 is 170 Å². The van der Waals surface area contributed by atoms with E-state index in [2.05, 4.69) is 58.1 Å². The predicted molar refractivity (Wildman–Crippen MR) is 459 cm³/mol. The number of aliphatic hydroxyl groups is 1. The van der Waals surface area contributed by atoms with Gasteiger partial charge in [0.15, 0.2) is 5.96 Å². The van der Waals surface area contributed by atoms with E-state index in [0.29, 0.717) is 77.0 Å². The molecule has 0 spiro atoms. The molecule has 2 heterocycles. The number of likely N-dealkylation sites (tertiary alicyclic amines) is 1. The number of halogens is 1.